The second-order valence-electron chi connectivity index (χ2n) is 4.36. The Balaban J connectivity index is 1.82. The minimum Gasteiger partial charge on any atom is -0.298 e. The van der Waals surface area contributed by atoms with Crippen LogP contribution in [0.2, 0.25) is 0 Å². The monoisotopic (exact) mass is 298 g/mol. The van der Waals surface area contributed by atoms with Crippen LogP contribution in [-0.4, -0.2) is 21.1 Å². The third kappa shape index (κ3) is 2.92. The van der Waals surface area contributed by atoms with E-state index in [0.29, 0.717) is 17.8 Å². The highest BCUT2D eigenvalue weighted by atomic mass is 32.1. The van der Waals surface area contributed by atoms with Crippen LogP contribution >= 0.6 is 11.3 Å². The van der Waals surface area contributed by atoms with E-state index in [1.165, 1.54) is 17.5 Å². The van der Waals surface area contributed by atoms with Crippen molar-refractivity contribution in [2.75, 3.05) is 0 Å². The Bertz CT molecular complexity index is 794. The van der Waals surface area contributed by atoms with Crippen molar-refractivity contribution in [3.05, 3.63) is 57.5 Å². The van der Waals surface area contributed by atoms with Crippen molar-refractivity contribution in [1.82, 2.24) is 14.8 Å². The molecule has 0 radical (unpaired) electrons. The van der Waals surface area contributed by atoms with Gasteiger partial charge < -0.3 is 0 Å². The zero-order valence-electron chi connectivity index (χ0n) is 10.8. The molecule has 7 heteroatoms. The second-order valence-corrected chi connectivity index (χ2v) is 5.30. The third-order valence-electron chi connectivity index (χ3n) is 2.89. The minimum atomic E-state index is 0.379. The summed E-state index contributed by atoms with van der Waals surface area (Å²) < 4.78 is 1.66. The quantitative estimate of drug-likeness (QED) is 0.535. The van der Waals surface area contributed by atoms with E-state index < -0.39 is 0 Å². The third-order valence-corrected chi connectivity index (χ3v) is 3.72. The molecule has 1 aromatic carbocycles. The van der Waals surface area contributed by atoms with E-state index in [1.807, 2.05) is 11.4 Å². The number of hydrogen-bond acceptors (Lipinski definition) is 6. The number of nitroso groups, excluding NO2 is 1. The molecule has 0 unspecified atom stereocenters. The van der Waals surface area contributed by atoms with Crippen LogP contribution in [0.4, 0.5) is 5.69 Å². The Morgan fingerprint density at radius 3 is 3.05 bits per heavy atom. The van der Waals surface area contributed by atoms with Gasteiger partial charge in [0.05, 0.1) is 24.0 Å². The van der Waals surface area contributed by atoms with Gasteiger partial charge in [-0.2, -0.15) is 5.10 Å². The molecule has 0 spiro atoms. The van der Waals surface area contributed by atoms with Crippen molar-refractivity contribution in [3.63, 3.8) is 0 Å². The van der Waals surface area contributed by atoms with Gasteiger partial charge in [-0.25, -0.2) is 4.98 Å². The molecule has 0 aliphatic carbocycles. The molecule has 0 saturated carbocycles. The normalized spacial score (nSPS) is 10.5. The molecular weight excluding hydrogens is 288 g/mol. The smallest absolute Gasteiger partial charge is 0.153 e. The maximum atomic E-state index is 10.6. The van der Waals surface area contributed by atoms with Gasteiger partial charge in [0.25, 0.3) is 0 Å². The molecular formula is C14H10N4O2S. The highest BCUT2D eigenvalue weighted by Gasteiger charge is 2.07. The molecule has 0 bridgehead atoms. The molecule has 2 heterocycles. The number of aromatic nitrogens is 3. The zero-order valence-corrected chi connectivity index (χ0v) is 11.7. The molecule has 104 valence electrons. The molecule has 0 saturated heterocycles. The summed E-state index contributed by atoms with van der Waals surface area (Å²) in [6, 6.07) is 7.00. The first kappa shape index (κ1) is 13.3. The molecule has 0 aliphatic heterocycles. The Morgan fingerprint density at radius 2 is 2.29 bits per heavy atom. The van der Waals surface area contributed by atoms with E-state index in [4.69, 9.17) is 0 Å². The zero-order chi connectivity index (χ0) is 14.7. The molecule has 3 aromatic rings. The topological polar surface area (TPSA) is 77.2 Å². The van der Waals surface area contributed by atoms with Crippen LogP contribution in [0.1, 0.15) is 15.4 Å². The van der Waals surface area contributed by atoms with Gasteiger partial charge >= 0.3 is 0 Å². The van der Waals surface area contributed by atoms with Gasteiger partial charge in [0.15, 0.2) is 6.29 Å². The predicted molar refractivity (Wildman–Crippen MR) is 79.7 cm³/mol. The number of aldehydes is 1. The minimum absolute atomic E-state index is 0.379. The van der Waals surface area contributed by atoms with Crippen molar-refractivity contribution in [3.8, 4) is 11.3 Å². The molecule has 0 N–H and O–H groups in total. The number of rotatable bonds is 5. The van der Waals surface area contributed by atoms with Crippen molar-refractivity contribution in [1.29, 1.82) is 0 Å². The molecule has 0 fully saturated rings. The van der Waals surface area contributed by atoms with E-state index in [-0.39, 0.29) is 0 Å². The van der Waals surface area contributed by atoms with Gasteiger partial charge in [-0.15, -0.1) is 16.2 Å². The Morgan fingerprint density at radius 1 is 1.38 bits per heavy atom. The fourth-order valence-corrected chi connectivity index (χ4v) is 2.70. The predicted octanol–water partition coefficient (Wildman–Crippen LogP) is 3.27. The van der Waals surface area contributed by atoms with Gasteiger partial charge in [0.1, 0.15) is 10.7 Å². The Hall–Kier alpha value is -2.67. The van der Waals surface area contributed by atoms with Gasteiger partial charge in [0, 0.05) is 17.1 Å². The molecule has 3 rings (SSSR count). The summed E-state index contributed by atoms with van der Waals surface area (Å²) in [4.78, 5) is 25.7. The van der Waals surface area contributed by atoms with Gasteiger partial charge in [-0.1, -0.05) is 12.1 Å². The standard InChI is InChI=1S/C14H10N4O2S/c19-8-10-5-15-18(6-10)7-14-16-13(9-21-14)11-2-1-3-12(4-11)17-20/h1-6,8-9H,7H2. The average molecular weight is 298 g/mol. The number of nitrogens with zero attached hydrogens (tertiary/aromatic N) is 4. The number of thiazole rings is 1. The first-order valence-electron chi connectivity index (χ1n) is 6.14. The Labute approximate surface area is 124 Å². The van der Waals surface area contributed by atoms with Crippen LogP contribution < -0.4 is 0 Å². The van der Waals surface area contributed by atoms with Crippen molar-refractivity contribution >= 4 is 23.3 Å². The van der Waals surface area contributed by atoms with E-state index >= 15 is 0 Å². The van der Waals surface area contributed by atoms with E-state index in [2.05, 4.69) is 15.3 Å². The lowest BCUT2D eigenvalue weighted by Crippen LogP contribution is -1.99. The van der Waals surface area contributed by atoms with E-state index in [1.54, 1.807) is 29.1 Å². The van der Waals surface area contributed by atoms with Gasteiger partial charge in [-0.3, -0.25) is 9.48 Å². The fourth-order valence-electron chi connectivity index (χ4n) is 1.90. The number of carbonyl (C=O) groups is 1. The van der Waals surface area contributed by atoms with Crippen LogP contribution in [0.5, 0.6) is 0 Å². The maximum absolute atomic E-state index is 10.6. The highest BCUT2D eigenvalue weighted by Crippen LogP contribution is 2.25. The molecule has 0 amide bonds. The lowest BCUT2D eigenvalue weighted by molar-refractivity contribution is 0.112. The van der Waals surface area contributed by atoms with Crippen LogP contribution in [0.3, 0.4) is 0 Å². The molecule has 21 heavy (non-hydrogen) atoms. The lowest BCUT2D eigenvalue weighted by atomic mass is 10.1. The summed E-state index contributed by atoms with van der Waals surface area (Å²) in [5, 5.41) is 9.80. The van der Waals surface area contributed by atoms with Crippen LogP contribution in [0, 0.1) is 4.91 Å². The van der Waals surface area contributed by atoms with Gasteiger partial charge in [-0.05, 0) is 17.3 Å². The summed E-state index contributed by atoms with van der Waals surface area (Å²) in [5.41, 5.74) is 2.56. The molecule has 6 nitrogen and oxygen atoms in total. The number of carbonyl (C=O) groups excluding carboxylic acids is 1. The van der Waals surface area contributed by atoms with Crippen molar-refractivity contribution < 1.29 is 4.79 Å². The fraction of sp³-hybridized carbons (Fsp3) is 0.0714. The molecule has 0 atom stereocenters. The SMILES string of the molecule is O=Cc1cnn(Cc2nc(-c3cccc(N=O)c3)cs2)c1. The largest absolute Gasteiger partial charge is 0.298 e. The Kier molecular flexibility index (Phi) is 3.65. The molecule has 2 aromatic heterocycles. The van der Waals surface area contributed by atoms with E-state index in [9.17, 15) is 9.70 Å². The number of benzene rings is 1. The van der Waals surface area contributed by atoms with Crippen LogP contribution in [-0.2, 0) is 6.54 Å². The summed E-state index contributed by atoms with van der Waals surface area (Å²) >= 11 is 1.50. The highest BCUT2D eigenvalue weighted by molar-refractivity contribution is 7.09. The lowest BCUT2D eigenvalue weighted by Gasteiger charge is -1.98. The summed E-state index contributed by atoms with van der Waals surface area (Å²) in [5.74, 6) is 0. The molecule has 0 aliphatic rings. The van der Waals surface area contributed by atoms with Crippen molar-refractivity contribution in [2.45, 2.75) is 6.54 Å². The maximum Gasteiger partial charge on any atom is 0.153 e. The number of hydrogen-bond donors (Lipinski definition) is 0. The first-order chi connectivity index (χ1) is 10.3. The van der Waals surface area contributed by atoms with Crippen LogP contribution in [0.15, 0.2) is 47.2 Å². The van der Waals surface area contributed by atoms with Crippen molar-refractivity contribution in [2.24, 2.45) is 5.18 Å². The average Bonchev–Trinajstić information content (AvgIpc) is 3.17. The first-order valence-corrected chi connectivity index (χ1v) is 7.02. The summed E-state index contributed by atoms with van der Waals surface area (Å²) in [7, 11) is 0. The summed E-state index contributed by atoms with van der Waals surface area (Å²) in [6.45, 7) is 0.504. The summed E-state index contributed by atoms with van der Waals surface area (Å²) in [6.07, 6.45) is 3.94. The van der Waals surface area contributed by atoms with Crippen LogP contribution in [0.25, 0.3) is 11.3 Å². The van der Waals surface area contributed by atoms with Gasteiger partial charge in [0.2, 0.25) is 0 Å². The van der Waals surface area contributed by atoms with E-state index in [0.717, 1.165) is 22.6 Å². The second kappa shape index (κ2) is 5.76.